The molecule has 0 radical (unpaired) electrons. The molecule has 2 aromatic rings. The lowest BCUT2D eigenvalue weighted by Gasteiger charge is -2.21. The van der Waals surface area contributed by atoms with Crippen LogP contribution in [0.3, 0.4) is 0 Å². The molecule has 0 bridgehead atoms. The molecule has 2 rings (SSSR count). The van der Waals surface area contributed by atoms with Crippen LogP contribution in [0.1, 0.15) is 37.0 Å². The molecule has 2 N–H and O–H groups in total. The lowest BCUT2D eigenvalue weighted by molar-refractivity contribution is -0.129. The average molecular weight is 353 g/mol. The summed E-state index contributed by atoms with van der Waals surface area (Å²) in [5.41, 5.74) is 10.2. The van der Waals surface area contributed by atoms with Gasteiger partial charge >= 0.3 is 0 Å². The Balaban J connectivity index is 0.00000288. The number of nitrogens with zero attached hydrogens (tertiary/aromatic N) is 1. The van der Waals surface area contributed by atoms with Crippen molar-refractivity contribution in [1.29, 1.82) is 0 Å². The first kappa shape index (κ1) is 20.5. The molecule has 0 saturated carbocycles. The zero-order valence-electron chi connectivity index (χ0n) is 15.3. The molecule has 134 valence electrons. The van der Waals surface area contributed by atoms with Crippen LogP contribution in [0.5, 0.6) is 0 Å². The third-order valence-corrected chi connectivity index (χ3v) is 4.76. The van der Waals surface area contributed by atoms with E-state index in [1.165, 1.54) is 5.56 Å². The van der Waals surface area contributed by atoms with E-state index in [0.717, 1.165) is 28.5 Å². The highest BCUT2D eigenvalue weighted by Gasteiger charge is 2.16. The highest BCUT2D eigenvalue weighted by molar-refractivity contribution is 5.89. The van der Waals surface area contributed by atoms with Crippen molar-refractivity contribution < 1.29 is 9.21 Å². The number of fused-ring (bicyclic) bond motifs is 1. The quantitative estimate of drug-likeness (QED) is 0.859. The van der Waals surface area contributed by atoms with Gasteiger partial charge in [-0.25, -0.2) is 0 Å². The Morgan fingerprint density at radius 2 is 1.96 bits per heavy atom. The fourth-order valence-electron chi connectivity index (χ4n) is 2.62. The topological polar surface area (TPSA) is 59.5 Å². The molecule has 1 amide bonds. The van der Waals surface area contributed by atoms with Crippen LogP contribution in [-0.2, 0) is 11.2 Å². The van der Waals surface area contributed by atoms with E-state index >= 15 is 0 Å². The molecule has 1 heterocycles. The van der Waals surface area contributed by atoms with Crippen molar-refractivity contribution in [3.8, 4) is 0 Å². The van der Waals surface area contributed by atoms with Crippen molar-refractivity contribution in [3.05, 3.63) is 35.1 Å². The second-order valence-corrected chi connectivity index (χ2v) is 6.83. The van der Waals surface area contributed by atoms with E-state index < -0.39 is 0 Å². The maximum atomic E-state index is 12.4. The summed E-state index contributed by atoms with van der Waals surface area (Å²) in [7, 11) is 1.84. The smallest absolute Gasteiger partial charge is 0.226 e. The van der Waals surface area contributed by atoms with E-state index in [2.05, 4.69) is 26.8 Å². The lowest BCUT2D eigenvalue weighted by Crippen LogP contribution is -2.35. The van der Waals surface area contributed by atoms with Crippen LogP contribution in [0.15, 0.2) is 22.8 Å². The second kappa shape index (κ2) is 8.54. The summed E-state index contributed by atoms with van der Waals surface area (Å²) in [5, 5.41) is 1.04. The number of hydrogen-bond acceptors (Lipinski definition) is 3. The largest absolute Gasteiger partial charge is 0.464 e. The van der Waals surface area contributed by atoms with E-state index in [1.807, 2.05) is 20.0 Å². The third kappa shape index (κ3) is 4.52. The number of furan rings is 1. The van der Waals surface area contributed by atoms with Gasteiger partial charge in [-0.2, -0.15) is 0 Å². The molecular formula is C19H29ClN2O2. The van der Waals surface area contributed by atoms with Crippen LogP contribution in [0, 0.1) is 19.8 Å². The molecule has 0 fully saturated rings. The Morgan fingerprint density at radius 1 is 1.29 bits per heavy atom. The Kier molecular flexibility index (Phi) is 7.30. The number of aryl methyl sites for hydroxylation is 2. The van der Waals surface area contributed by atoms with E-state index in [0.29, 0.717) is 18.9 Å². The number of hydrogen-bond donors (Lipinski definition) is 1. The number of benzene rings is 1. The fraction of sp³-hybridized carbons (Fsp3) is 0.526. The van der Waals surface area contributed by atoms with Crippen molar-refractivity contribution in [2.24, 2.45) is 11.7 Å². The first-order chi connectivity index (χ1) is 10.8. The van der Waals surface area contributed by atoms with Crippen LogP contribution in [-0.4, -0.2) is 30.4 Å². The van der Waals surface area contributed by atoms with E-state index in [9.17, 15) is 4.79 Å². The molecule has 0 spiro atoms. The zero-order valence-corrected chi connectivity index (χ0v) is 16.1. The molecule has 5 heteroatoms. The van der Waals surface area contributed by atoms with Crippen LogP contribution in [0.2, 0.25) is 0 Å². The van der Waals surface area contributed by atoms with Crippen LogP contribution >= 0.6 is 12.4 Å². The van der Waals surface area contributed by atoms with Gasteiger partial charge in [-0.05, 0) is 37.3 Å². The van der Waals surface area contributed by atoms with E-state index in [1.54, 1.807) is 11.2 Å². The highest BCUT2D eigenvalue weighted by atomic mass is 35.5. The third-order valence-electron chi connectivity index (χ3n) is 4.76. The molecule has 1 aromatic carbocycles. The monoisotopic (exact) mass is 352 g/mol. The van der Waals surface area contributed by atoms with Gasteiger partial charge in [-0.15, -0.1) is 12.4 Å². The summed E-state index contributed by atoms with van der Waals surface area (Å²) in [5.74, 6) is 0.532. The van der Waals surface area contributed by atoms with Gasteiger partial charge < -0.3 is 15.1 Å². The van der Waals surface area contributed by atoms with Gasteiger partial charge in [0.2, 0.25) is 5.91 Å². The summed E-state index contributed by atoms with van der Waals surface area (Å²) >= 11 is 0. The minimum absolute atomic E-state index is 0. The Morgan fingerprint density at radius 3 is 2.58 bits per heavy atom. The number of rotatable bonds is 6. The van der Waals surface area contributed by atoms with E-state index in [4.69, 9.17) is 10.2 Å². The molecular weight excluding hydrogens is 324 g/mol. The van der Waals surface area contributed by atoms with Crippen LogP contribution in [0.25, 0.3) is 11.0 Å². The zero-order chi connectivity index (χ0) is 17.1. The molecule has 4 nitrogen and oxygen atoms in total. The summed E-state index contributed by atoms with van der Waals surface area (Å²) < 4.78 is 5.68. The number of carbonyl (C=O) groups excluding carboxylic acids is 1. The van der Waals surface area contributed by atoms with Crippen LogP contribution < -0.4 is 5.73 Å². The average Bonchev–Trinajstić information content (AvgIpc) is 2.91. The number of likely N-dealkylation sites (N-methyl/N-ethyl adjacent to an activating group) is 1. The van der Waals surface area contributed by atoms with Gasteiger partial charge in [0.1, 0.15) is 5.58 Å². The van der Waals surface area contributed by atoms with Crippen molar-refractivity contribution in [2.45, 2.75) is 46.6 Å². The highest BCUT2D eigenvalue weighted by Crippen LogP contribution is 2.27. The second-order valence-electron chi connectivity index (χ2n) is 6.83. The minimum atomic E-state index is 0. The standard InChI is InChI=1S/C19H28N2O2.ClH/c1-12(2)17(20)8-9-21(5)18(22)10-15-11-23-19-14(4)13(3)6-7-16(15)19;/h6-7,11-12,17H,8-10,20H2,1-5H3;1H. The van der Waals surface area contributed by atoms with Gasteiger partial charge in [0.05, 0.1) is 12.7 Å². The molecule has 0 aliphatic heterocycles. The summed E-state index contributed by atoms with van der Waals surface area (Å²) in [6.07, 6.45) is 2.90. The number of carbonyl (C=O) groups is 1. The van der Waals surface area contributed by atoms with Gasteiger partial charge in [0.25, 0.3) is 0 Å². The van der Waals surface area contributed by atoms with Crippen molar-refractivity contribution in [2.75, 3.05) is 13.6 Å². The first-order valence-corrected chi connectivity index (χ1v) is 8.27. The molecule has 24 heavy (non-hydrogen) atoms. The van der Waals surface area contributed by atoms with Gasteiger partial charge in [0.15, 0.2) is 0 Å². The Labute approximate surface area is 150 Å². The van der Waals surface area contributed by atoms with Crippen molar-refractivity contribution in [3.63, 3.8) is 0 Å². The summed E-state index contributed by atoms with van der Waals surface area (Å²) in [6, 6.07) is 4.25. The SMILES string of the molecule is Cc1ccc2c(CC(=O)N(C)CCC(N)C(C)C)coc2c1C.Cl. The van der Waals surface area contributed by atoms with Gasteiger partial charge in [-0.1, -0.05) is 26.0 Å². The van der Waals surface area contributed by atoms with Crippen molar-refractivity contribution >= 4 is 29.3 Å². The molecule has 0 aliphatic rings. The van der Waals surface area contributed by atoms with Gasteiger partial charge in [-0.3, -0.25) is 4.79 Å². The van der Waals surface area contributed by atoms with Gasteiger partial charge in [0, 0.05) is 30.6 Å². The number of amides is 1. The molecule has 0 saturated heterocycles. The lowest BCUT2D eigenvalue weighted by atomic mass is 10.0. The number of nitrogens with two attached hydrogens (primary N) is 1. The number of halogens is 1. The fourth-order valence-corrected chi connectivity index (χ4v) is 2.62. The minimum Gasteiger partial charge on any atom is -0.464 e. The normalized spacial score (nSPS) is 12.3. The first-order valence-electron chi connectivity index (χ1n) is 8.27. The molecule has 1 atom stereocenters. The molecule has 1 aromatic heterocycles. The maximum Gasteiger partial charge on any atom is 0.226 e. The Hall–Kier alpha value is -1.52. The summed E-state index contributed by atoms with van der Waals surface area (Å²) in [4.78, 5) is 14.2. The molecule has 0 aliphatic carbocycles. The summed E-state index contributed by atoms with van der Waals surface area (Å²) in [6.45, 7) is 9.01. The van der Waals surface area contributed by atoms with Crippen LogP contribution in [0.4, 0.5) is 0 Å². The predicted molar refractivity (Wildman–Crippen MR) is 102 cm³/mol. The Bertz CT molecular complexity index is 694. The van der Waals surface area contributed by atoms with Crippen molar-refractivity contribution in [1.82, 2.24) is 4.90 Å². The van der Waals surface area contributed by atoms with E-state index in [-0.39, 0.29) is 24.4 Å². The maximum absolute atomic E-state index is 12.4. The predicted octanol–water partition coefficient (Wildman–Crippen LogP) is 3.85. The molecule has 1 unspecified atom stereocenters.